The normalized spacial score (nSPS) is 10.4. The summed E-state index contributed by atoms with van der Waals surface area (Å²) >= 11 is 12.0. The molecule has 0 unspecified atom stereocenters. The van der Waals surface area contributed by atoms with E-state index in [1.54, 1.807) is 42.6 Å². The Hall–Kier alpha value is -2.56. The molecular weight excluding hydrogens is 357 g/mol. The smallest absolute Gasteiger partial charge is 0.255 e. The summed E-state index contributed by atoms with van der Waals surface area (Å²) in [7, 11) is 0. The molecule has 3 rings (SSSR count). The maximum absolute atomic E-state index is 12.2. The highest BCUT2D eigenvalue weighted by Gasteiger charge is 2.07. The standard InChI is InChI=1S/C19H15Cl2N3O/c1-12-3-2-4-13(9-12)19(25)23-15-6-8-18(22-11-15)24-17-7-5-14(20)10-16(17)21/h2-11H,1H3,(H,22,24)(H,23,25). The molecular formula is C19H15Cl2N3O. The van der Waals surface area contributed by atoms with Crippen LogP contribution in [0, 0.1) is 6.92 Å². The van der Waals surface area contributed by atoms with Gasteiger partial charge in [0.15, 0.2) is 0 Å². The average molecular weight is 372 g/mol. The van der Waals surface area contributed by atoms with Gasteiger partial charge in [-0.2, -0.15) is 0 Å². The Morgan fingerprint density at radius 3 is 2.56 bits per heavy atom. The number of rotatable bonds is 4. The largest absolute Gasteiger partial charge is 0.339 e. The van der Waals surface area contributed by atoms with E-state index in [-0.39, 0.29) is 5.91 Å². The first-order valence-corrected chi connectivity index (χ1v) is 8.33. The number of carbonyl (C=O) groups is 1. The Bertz CT molecular complexity index is 911. The molecule has 1 heterocycles. The van der Waals surface area contributed by atoms with Gasteiger partial charge in [0.25, 0.3) is 5.91 Å². The molecule has 0 saturated heterocycles. The molecule has 3 aromatic rings. The minimum atomic E-state index is -0.174. The fourth-order valence-electron chi connectivity index (χ4n) is 2.26. The third-order valence-electron chi connectivity index (χ3n) is 3.50. The average Bonchev–Trinajstić information content (AvgIpc) is 2.59. The van der Waals surface area contributed by atoms with Gasteiger partial charge in [-0.3, -0.25) is 4.79 Å². The van der Waals surface area contributed by atoms with Crippen LogP contribution in [0.4, 0.5) is 17.2 Å². The van der Waals surface area contributed by atoms with Crippen LogP contribution in [0.15, 0.2) is 60.8 Å². The van der Waals surface area contributed by atoms with Crippen LogP contribution in [0.5, 0.6) is 0 Å². The van der Waals surface area contributed by atoms with E-state index < -0.39 is 0 Å². The van der Waals surface area contributed by atoms with Gasteiger partial charge < -0.3 is 10.6 Å². The third kappa shape index (κ3) is 4.50. The van der Waals surface area contributed by atoms with E-state index in [1.165, 1.54) is 0 Å². The molecule has 25 heavy (non-hydrogen) atoms. The molecule has 126 valence electrons. The van der Waals surface area contributed by atoms with Crippen LogP contribution in [0.1, 0.15) is 15.9 Å². The fraction of sp³-hybridized carbons (Fsp3) is 0.0526. The molecule has 1 aromatic heterocycles. The molecule has 2 N–H and O–H groups in total. The van der Waals surface area contributed by atoms with Crippen molar-refractivity contribution in [1.29, 1.82) is 0 Å². The number of nitrogens with one attached hydrogen (secondary N) is 2. The predicted molar refractivity (Wildman–Crippen MR) is 103 cm³/mol. The summed E-state index contributed by atoms with van der Waals surface area (Å²) in [6.45, 7) is 1.95. The van der Waals surface area contributed by atoms with E-state index in [9.17, 15) is 4.79 Å². The van der Waals surface area contributed by atoms with E-state index in [0.29, 0.717) is 32.8 Å². The minimum Gasteiger partial charge on any atom is -0.339 e. The number of pyridine rings is 1. The lowest BCUT2D eigenvalue weighted by Gasteiger charge is -2.09. The third-order valence-corrected chi connectivity index (χ3v) is 4.04. The van der Waals surface area contributed by atoms with Crippen molar-refractivity contribution in [3.8, 4) is 0 Å². The number of hydrogen-bond acceptors (Lipinski definition) is 3. The van der Waals surface area contributed by atoms with Crippen molar-refractivity contribution in [1.82, 2.24) is 4.98 Å². The lowest BCUT2D eigenvalue weighted by atomic mass is 10.1. The number of aromatic nitrogens is 1. The molecule has 1 amide bonds. The van der Waals surface area contributed by atoms with Crippen LogP contribution in [-0.2, 0) is 0 Å². The Balaban J connectivity index is 1.69. The lowest BCUT2D eigenvalue weighted by molar-refractivity contribution is 0.102. The van der Waals surface area contributed by atoms with Gasteiger partial charge in [-0.05, 0) is 49.4 Å². The van der Waals surface area contributed by atoms with Crippen molar-refractivity contribution in [2.24, 2.45) is 0 Å². The molecule has 2 aromatic carbocycles. The number of carbonyl (C=O) groups excluding carboxylic acids is 1. The second-order valence-electron chi connectivity index (χ2n) is 5.50. The highest BCUT2D eigenvalue weighted by molar-refractivity contribution is 6.36. The summed E-state index contributed by atoms with van der Waals surface area (Å²) in [5.41, 5.74) is 2.95. The molecule has 4 nitrogen and oxygen atoms in total. The molecule has 0 atom stereocenters. The van der Waals surface area contributed by atoms with Gasteiger partial charge in [-0.25, -0.2) is 4.98 Å². The molecule has 0 radical (unpaired) electrons. The highest BCUT2D eigenvalue weighted by atomic mass is 35.5. The topological polar surface area (TPSA) is 54.0 Å². The number of benzene rings is 2. The summed E-state index contributed by atoms with van der Waals surface area (Å²) in [6, 6.07) is 16.1. The zero-order valence-corrected chi connectivity index (χ0v) is 14.9. The fourth-order valence-corrected chi connectivity index (χ4v) is 2.72. The number of aryl methyl sites for hydroxylation is 1. The zero-order chi connectivity index (χ0) is 17.8. The Morgan fingerprint density at radius 2 is 1.88 bits per heavy atom. The second kappa shape index (κ2) is 7.55. The van der Waals surface area contributed by atoms with E-state index in [1.807, 2.05) is 25.1 Å². The predicted octanol–water partition coefficient (Wildman–Crippen LogP) is 5.69. The van der Waals surface area contributed by atoms with Crippen molar-refractivity contribution < 1.29 is 4.79 Å². The lowest BCUT2D eigenvalue weighted by Crippen LogP contribution is -2.12. The van der Waals surface area contributed by atoms with Crippen molar-refractivity contribution in [2.75, 3.05) is 10.6 Å². The van der Waals surface area contributed by atoms with Crippen LogP contribution in [0.2, 0.25) is 10.0 Å². The first kappa shape index (κ1) is 17.3. The van der Waals surface area contributed by atoms with Gasteiger partial charge in [0.05, 0.1) is 22.6 Å². The summed E-state index contributed by atoms with van der Waals surface area (Å²) in [4.78, 5) is 16.5. The first-order valence-electron chi connectivity index (χ1n) is 7.57. The number of hydrogen-bond donors (Lipinski definition) is 2. The SMILES string of the molecule is Cc1cccc(C(=O)Nc2ccc(Nc3ccc(Cl)cc3Cl)nc2)c1. The van der Waals surface area contributed by atoms with Gasteiger partial charge in [-0.1, -0.05) is 40.9 Å². The molecule has 0 spiro atoms. The van der Waals surface area contributed by atoms with Gasteiger partial charge >= 0.3 is 0 Å². The summed E-state index contributed by atoms with van der Waals surface area (Å²) in [6.07, 6.45) is 1.58. The first-order chi connectivity index (χ1) is 12.0. The maximum atomic E-state index is 12.2. The summed E-state index contributed by atoms with van der Waals surface area (Å²) in [5.74, 6) is 0.435. The van der Waals surface area contributed by atoms with Crippen molar-refractivity contribution in [3.63, 3.8) is 0 Å². The number of anilines is 3. The molecule has 0 fully saturated rings. The Labute approximate surface area is 155 Å². The molecule has 0 saturated carbocycles. The van der Waals surface area contributed by atoms with Crippen LogP contribution >= 0.6 is 23.2 Å². The van der Waals surface area contributed by atoms with Crippen LogP contribution in [0.3, 0.4) is 0 Å². The molecule has 0 bridgehead atoms. The van der Waals surface area contributed by atoms with E-state index in [2.05, 4.69) is 15.6 Å². The summed E-state index contributed by atoms with van der Waals surface area (Å²) < 4.78 is 0. The van der Waals surface area contributed by atoms with Crippen molar-refractivity contribution >= 4 is 46.3 Å². The van der Waals surface area contributed by atoms with E-state index in [0.717, 1.165) is 5.56 Å². The zero-order valence-electron chi connectivity index (χ0n) is 13.4. The van der Waals surface area contributed by atoms with E-state index in [4.69, 9.17) is 23.2 Å². The summed E-state index contributed by atoms with van der Waals surface area (Å²) in [5, 5.41) is 7.00. The van der Waals surface area contributed by atoms with Gasteiger partial charge in [-0.15, -0.1) is 0 Å². The molecule has 0 aliphatic heterocycles. The maximum Gasteiger partial charge on any atom is 0.255 e. The Morgan fingerprint density at radius 1 is 1.04 bits per heavy atom. The highest BCUT2D eigenvalue weighted by Crippen LogP contribution is 2.27. The van der Waals surface area contributed by atoms with Crippen molar-refractivity contribution in [2.45, 2.75) is 6.92 Å². The van der Waals surface area contributed by atoms with Crippen LogP contribution < -0.4 is 10.6 Å². The van der Waals surface area contributed by atoms with E-state index >= 15 is 0 Å². The van der Waals surface area contributed by atoms with Gasteiger partial charge in [0.1, 0.15) is 5.82 Å². The second-order valence-corrected chi connectivity index (χ2v) is 6.35. The quantitative estimate of drug-likeness (QED) is 0.618. The number of amides is 1. The monoisotopic (exact) mass is 371 g/mol. The van der Waals surface area contributed by atoms with Crippen LogP contribution in [0.25, 0.3) is 0 Å². The van der Waals surface area contributed by atoms with Gasteiger partial charge in [0.2, 0.25) is 0 Å². The Kier molecular flexibility index (Phi) is 5.22. The number of nitrogens with zero attached hydrogens (tertiary/aromatic N) is 1. The van der Waals surface area contributed by atoms with Crippen LogP contribution in [-0.4, -0.2) is 10.9 Å². The number of halogens is 2. The molecule has 0 aliphatic carbocycles. The van der Waals surface area contributed by atoms with Gasteiger partial charge in [0, 0.05) is 10.6 Å². The molecule has 6 heteroatoms. The molecule has 0 aliphatic rings. The minimum absolute atomic E-state index is 0.174. The van der Waals surface area contributed by atoms with Crippen molar-refractivity contribution in [3.05, 3.63) is 82.0 Å².